The first kappa shape index (κ1) is 12.1. The first-order valence-electron chi connectivity index (χ1n) is 4.67. The van der Waals surface area contributed by atoms with Gasteiger partial charge in [-0.3, -0.25) is 14.7 Å². The Morgan fingerprint density at radius 2 is 2.17 bits per heavy atom. The van der Waals surface area contributed by atoms with Crippen LogP contribution in [0.15, 0.2) is 17.1 Å². The fraction of sp³-hybridized carbons (Fsp3) is 0.222. The Labute approximate surface area is 96.7 Å². The summed E-state index contributed by atoms with van der Waals surface area (Å²) in [5, 5.41) is 10.4. The third-order valence-corrected chi connectivity index (χ3v) is 2.21. The van der Waals surface area contributed by atoms with Crippen molar-refractivity contribution in [3.8, 4) is 0 Å². The Hall–Kier alpha value is -2.32. The van der Waals surface area contributed by atoms with Gasteiger partial charge < -0.3 is 5.11 Å². The van der Waals surface area contributed by atoms with Crippen molar-refractivity contribution in [1.29, 1.82) is 0 Å². The molecule has 9 heteroatoms. The number of rotatable bonds is 2. The maximum atomic E-state index is 12.4. The smallest absolute Gasteiger partial charge is 0.432 e. The van der Waals surface area contributed by atoms with Crippen LogP contribution in [0.4, 0.5) is 13.2 Å². The van der Waals surface area contributed by atoms with Crippen LogP contribution in [0.25, 0.3) is 5.65 Å². The molecule has 0 radical (unpaired) electrons. The summed E-state index contributed by atoms with van der Waals surface area (Å²) in [5.41, 5.74) is -2.41. The number of H-pyrrole nitrogens is 1. The Kier molecular flexibility index (Phi) is 2.60. The summed E-state index contributed by atoms with van der Waals surface area (Å²) in [6.45, 7) is 0. The van der Waals surface area contributed by atoms with Crippen LogP contribution in [0.1, 0.15) is 11.3 Å². The van der Waals surface area contributed by atoms with Crippen LogP contribution in [-0.2, 0) is 17.4 Å². The molecule has 0 unspecified atom stereocenters. The molecule has 2 rings (SSSR count). The van der Waals surface area contributed by atoms with E-state index in [2.05, 4.69) is 4.98 Å². The van der Waals surface area contributed by atoms with E-state index in [4.69, 9.17) is 5.11 Å². The number of hydrogen-bond acceptors (Lipinski definition) is 3. The van der Waals surface area contributed by atoms with Crippen LogP contribution in [0.3, 0.4) is 0 Å². The van der Waals surface area contributed by atoms with E-state index in [1.807, 2.05) is 5.10 Å². The number of halogens is 3. The molecule has 0 amide bonds. The molecule has 0 saturated heterocycles. The van der Waals surface area contributed by atoms with Gasteiger partial charge in [0.05, 0.1) is 6.42 Å². The molecule has 0 aliphatic rings. The number of nitrogens with zero attached hydrogens (tertiary/aromatic N) is 2. The number of fused-ring (bicyclic) bond motifs is 1. The van der Waals surface area contributed by atoms with Gasteiger partial charge in [-0.05, 0) is 0 Å². The number of aromatic amines is 1. The standard InChI is InChI=1S/C9H6F3N3O3/c10-9(11,12)5-2-6-13-3-4(1-7(16)17)8(18)15(6)14-5/h2-3,14H,1H2,(H,16,17). The van der Waals surface area contributed by atoms with Crippen molar-refractivity contribution in [2.45, 2.75) is 12.6 Å². The lowest BCUT2D eigenvalue weighted by Gasteiger charge is -2.00. The number of carboxylic acids is 1. The van der Waals surface area contributed by atoms with Gasteiger partial charge in [0.2, 0.25) is 0 Å². The summed E-state index contributed by atoms with van der Waals surface area (Å²) in [6.07, 6.45) is -4.28. The van der Waals surface area contributed by atoms with Crippen LogP contribution in [-0.4, -0.2) is 25.7 Å². The zero-order valence-corrected chi connectivity index (χ0v) is 8.65. The third-order valence-electron chi connectivity index (χ3n) is 2.21. The number of carbonyl (C=O) groups is 1. The third kappa shape index (κ3) is 2.06. The minimum atomic E-state index is -4.63. The second-order valence-electron chi connectivity index (χ2n) is 3.52. The molecule has 2 N–H and O–H groups in total. The highest BCUT2D eigenvalue weighted by Gasteiger charge is 2.33. The zero-order chi connectivity index (χ0) is 13.5. The second-order valence-corrected chi connectivity index (χ2v) is 3.52. The van der Waals surface area contributed by atoms with Crippen LogP contribution >= 0.6 is 0 Å². The molecule has 2 aromatic heterocycles. The minimum absolute atomic E-state index is 0.199. The van der Waals surface area contributed by atoms with Gasteiger partial charge in [0.25, 0.3) is 5.56 Å². The number of aliphatic carboxylic acids is 1. The fourth-order valence-electron chi connectivity index (χ4n) is 1.43. The predicted octanol–water partition coefficient (Wildman–Crippen LogP) is 0.668. The molecule has 0 atom stereocenters. The Morgan fingerprint density at radius 3 is 2.72 bits per heavy atom. The average molecular weight is 261 g/mol. The molecule has 0 saturated carbocycles. The van der Waals surface area contributed by atoms with Gasteiger partial charge in [0.15, 0.2) is 5.65 Å². The molecule has 0 fully saturated rings. The molecule has 2 heterocycles. The summed E-state index contributed by atoms with van der Waals surface area (Å²) in [5.74, 6) is -1.27. The number of hydrogen-bond donors (Lipinski definition) is 2. The van der Waals surface area contributed by atoms with Gasteiger partial charge in [0.1, 0.15) is 5.69 Å². The quantitative estimate of drug-likeness (QED) is 0.831. The number of alkyl halides is 3. The van der Waals surface area contributed by atoms with Crippen molar-refractivity contribution in [2.24, 2.45) is 0 Å². The van der Waals surface area contributed by atoms with E-state index in [1.165, 1.54) is 0 Å². The van der Waals surface area contributed by atoms with Crippen molar-refractivity contribution in [1.82, 2.24) is 14.6 Å². The van der Waals surface area contributed by atoms with Crippen LogP contribution in [0.5, 0.6) is 0 Å². The highest BCUT2D eigenvalue weighted by atomic mass is 19.4. The highest BCUT2D eigenvalue weighted by Crippen LogP contribution is 2.27. The van der Waals surface area contributed by atoms with Gasteiger partial charge in [-0.25, -0.2) is 9.50 Å². The Bertz CT molecular complexity index is 671. The van der Waals surface area contributed by atoms with Gasteiger partial charge in [0, 0.05) is 17.8 Å². The van der Waals surface area contributed by atoms with E-state index >= 15 is 0 Å². The molecular weight excluding hydrogens is 255 g/mol. The van der Waals surface area contributed by atoms with Gasteiger partial charge in [-0.15, -0.1) is 0 Å². The molecule has 18 heavy (non-hydrogen) atoms. The van der Waals surface area contributed by atoms with E-state index in [-0.39, 0.29) is 11.2 Å². The topological polar surface area (TPSA) is 87.5 Å². The van der Waals surface area contributed by atoms with Gasteiger partial charge in [-0.1, -0.05) is 0 Å². The van der Waals surface area contributed by atoms with E-state index in [9.17, 15) is 22.8 Å². The summed E-state index contributed by atoms with van der Waals surface area (Å²) in [6, 6.07) is 0.673. The lowest BCUT2D eigenvalue weighted by molar-refractivity contribution is -0.141. The first-order valence-corrected chi connectivity index (χ1v) is 4.67. The second kappa shape index (κ2) is 3.86. The fourth-order valence-corrected chi connectivity index (χ4v) is 1.43. The normalized spacial score (nSPS) is 11.9. The average Bonchev–Trinajstić information content (AvgIpc) is 2.66. The van der Waals surface area contributed by atoms with Crippen LogP contribution in [0.2, 0.25) is 0 Å². The molecule has 2 aromatic rings. The number of carboxylic acid groups (broad SMARTS) is 1. The summed E-state index contributed by atoms with van der Waals surface area (Å²) < 4.78 is 37.8. The minimum Gasteiger partial charge on any atom is -0.481 e. The molecule has 0 bridgehead atoms. The largest absolute Gasteiger partial charge is 0.481 e. The van der Waals surface area contributed by atoms with Gasteiger partial charge >= 0.3 is 12.1 Å². The molecule has 0 aliphatic heterocycles. The molecule has 0 spiro atoms. The van der Waals surface area contributed by atoms with Crippen molar-refractivity contribution in [2.75, 3.05) is 0 Å². The summed E-state index contributed by atoms with van der Waals surface area (Å²) in [4.78, 5) is 25.7. The first-order chi connectivity index (χ1) is 8.29. The maximum Gasteiger partial charge on any atom is 0.432 e. The highest BCUT2D eigenvalue weighted by molar-refractivity contribution is 5.70. The summed E-state index contributed by atoms with van der Waals surface area (Å²) in [7, 11) is 0. The van der Waals surface area contributed by atoms with E-state index in [0.717, 1.165) is 6.20 Å². The molecular formula is C9H6F3N3O3. The monoisotopic (exact) mass is 261 g/mol. The van der Waals surface area contributed by atoms with Crippen LogP contribution < -0.4 is 5.56 Å². The van der Waals surface area contributed by atoms with E-state index < -0.39 is 29.8 Å². The molecule has 0 aliphatic carbocycles. The Morgan fingerprint density at radius 1 is 1.50 bits per heavy atom. The van der Waals surface area contributed by atoms with Crippen molar-refractivity contribution >= 4 is 11.6 Å². The number of nitrogens with one attached hydrogen (secondary N) is 1. The number of aromatic nitrogens is 3. The molecule has 6 nitrogen and oxygen atoms in total. The zero-order valence-electron chi connectivity index (χ0n) is 8.65. The van der Waals surface area contributed by atoms with Crippen molar-refractivity contribution < 1.29 is 23.1 Å². The van der Waals surface area contributed by atoms with Gasteiger partial charge in [-0.2, -0.15) is 13.2 Å². The summed E-state index contributed by atoms with van der Waals surface area (Å²) >= 11 is 0. The van der Waals surface area contributed by atoms with E-state index in [0.29, 0.717) is 10.6 Å². The Balaban J connectivity index is 2.61. The van der Waals surface area contributed by atoms with Crippen molar-refractivity contribution in [3.05, 3.63) is 33.9 Å². The SMILES string of the molecule is O=C(O)Cc1cnc2cc(C(F)(F)F)[nH]n2c1=O. The lowest BCUT2D eigenvalue weighted by Crippen LogP contribution is -2.22. The van der Waals surface area contributed by atoms with Crippen LogP contribution in [0, 0.1) is 0 Å². The van der Waals surface area contributed by atoms with E-state index in [1.54, 1.807) is 0 Å². The molecule has 0 aromatic carbocycles. The maximum absolute atomic E-state index is 12.4. The molecule has 96 valence electrons. The van der Waals surface area contributed by atoms with Crippen molar-refractivity contribution in [3.63, 3.8) is 0 Å². The lowest BCUT2D eigenvalue weighted by atomic mass is 10.2. The predicted molar refractivity (Wildman–Crippen MR) is 52.2 cm³/mol.